The molecule has 2 aromatic rings. The fraction of sp³-hybridized carbons (Fsp3) is 0.267. The molecule has 0 spiro atoms. The predicted molar refractivity (Wildman–Crippen MR) is 82.3 cm³/mol. The first-order valence-corrected chi connectivity index (χ1v) is 7.56. The molecule has 1 aromatic carbocycles. The van der Waals surface area contributed by atoms with E-state index in [-0.39, 0.29) is 11.7 Å². The Bertz CT molecular complexity index is 711. The Hall–Kier alpha value is -2.21. The van der Waals surface area contributed by atoms with Gasteiger partial charge in [0.25, 0.3) is 5.69 Å². The first-order valence-electron chi connectivity index (χ1n) is 6.68. The minimum absolute atomic E-state index is 0.00914. The number of nitro groups is 1. The molecule has 21 heavy (non-hydrogen) atoms. The Labute approximate surface area is 126 Å². The average molecular weight is 302 g/mol. The van der Waals surface area contributed by atoms with Crippen molar-refractivity contribution in [3.8, 4) is 0 Å². The molecular formula is C15H14N2O3S. The number of aldehydes is 1. The molecule has 1 unspecified atom stereocenters. The van der Waals surface area contributed by atoms with Crippen LogP contribution in [0.2, 0.25) is 0 Å². The first kappa shape index (κ1) is 13.8. The summed E-state index contributed by atoms with van der Waals surface area (Å²) in [6.07, 6.45) is 1.53. The van der Waals surface area contributed by atoms with Crippen LogP contribution in [0, 0.1) is 10.1 Å². The Kier molecular flexibility index (Phi) is 3.47. The number of nitrogens with zero attached hydrogens (tertiary/aromatic N) is 2. The van der Waals surface area contributed by atoms with Crippen molar-refractivity contribution in [2.24, 2.45) is 0 Å². The fourth-order valence-electron chi connectivity index (χ4n) is 2.84. The second-order valence-corrected chi connectivity index (χ2v) is 6.04. The maximum atomic E-state index is 11.3. The number of benzene rings is 1. The van der Waals surface area contributed by atoms with Crippen molar-refractivity contribution in [1.29, 1.82) is 0 Å². The largest absolute Gasteiger partial charge is 0.359 e. The summed E-state index contributed by atoms with van der Waals surface area (Å²) < 4.78 is 0. The smallest absolute Gasteiger partial charge is 0.293 e. The number of anilines is 1. The summed E-state index contributed by atoms with van der Waals surface area (Å²) in [6, 6.07) is 6.84. The summed E-state index contributed by atoms with van der Waals surface area (Å²) in [7, 11) is 0. The Morgan fingerprint density at radius 1 is 1.43 bits per heavy atom. The molecule has 0 radical (unpaired) electrons. The molecule has 1 aromatic heterocycles. The van der Waals surface area contributed by atoms with Gasteiger partial charge in [0.05, 0.1) is 11.0 Å². The molecular weight excluding hydrogens is 288 g/mol. The van der Waals surface area contributed by atoms with Gasteiger partial charge in [-0.1, -0.05) is 0 Å². The molecule has 0 saturated heterocycles. The Morgan fingerprint density at radius 2 is 2.24 bits per heavy atom. The Morgan fingerprint density at radius 3 is 2.95 bits per heavy atom. The van der Waals surface area contributed by atoms with Gasteiger partial charge in [0.2, 0.25) is 0 Å². The van der Waals surface area contributed by atoms with E-state index in [2.05, 4.69) is 18.4 Å². The van der Waals surface area contributed by atoms with Gasteiger partial charge in [0, 0.05) is 23.1 Å². The lowest BCUT2D eigenvalue weighted by Gasteiger charge is -2.35. The van der Waals surface area contributed by atoms with E-state index in [4.69, 9.17) is 0 Å². The monoisotopic (exact) mass is 302 g/mol. The molecule has 0 bridgehead atoms. The Balaban J connectivity index is 2.05. The maximum Gasteiger partial charge on any atom is 0.293 e. The van der Waals surface area contributed by atoms with E-state index in [1.807, 2.05) is 4.90 Å². The van der Waals surface area contributed by atoms with E-state index in [1.54, 1.807) is 23.5 Å². The van der Waals surface area contributed by atoms with Crippen LogP contribution in [0.3, 0.4) is 0 Å². The van der Waals surface area contributed by atoms with E-state index in [0.717, 1.165) is 13.0 Å². The van der Waals surface area contributed by atoms with Gasteiger partial charge in [-0.3, -0.25) is 14.9 Å². The van der Waals surface area contributed by atoms with E-state index in [9.17, 15) is 14.9 Å². The first-order chi connectivity index (χ1) is 10.1. The van der Waals surface area contributed by atoms with Gasteiger partial charge in [0.1, 0.15) is 12.0 Å². The topological polar surface area (TPSA) is 63.5 Å². The lowest BCUT2D eigenvalue weighted by molar-refractivity contribution is -0.384. The number of nitro benzene ring substituents is 1. The van der Waals surface area contributed by atoms with E-state index in [0.29, 0.717) is 17.5 Å². The minimum Gasteiger partial charge on any atom is -0.359 e. The van der Waals surface area contributed by atoms with Crippen molar-refractivity contribution < 1.29 is 9.72 Å². The lowest BCUT2D eigenvalue weighted by Crippen LogP contribution is -2.33. The van der Waals surface area contributed by atoms with Crippen molar-refractivity contribution in [2.75, 3.05) is 11.4 Å². The van der Waals surface area contributed by atoms with Gasteiger partial charge in [-0.2, -0.15) is 0 Å². The molecule has 0 aliphatic carbocycles. The number of hydrogen-bond donors (Lipinski definition) is 0. The molecule has 0 saturated carbocycles. The highest BCUT2D eigenvalue weighted by molar-refractivity contribution is 7.10. The minimum atomic E-state index is -0.418. The highest BCUT2D eigenvalue weighted by Gasteiger charge is 2.29. The van der Waals surface area contributed by atoms with Crippen LogP contribution in [0.4, 0.5) is 11.4 Å². The summed E-state index contributed by atoms with van der Waals surface area (Å²) in [5, 5.41) is 13.4. The van der Waals surface area contributed by atoms with Crippen LogP contribution in [0.15, 0.2) is 29.6 Å². The third kappa shape index (κ3) is 2.31. The molecule has 5 nitrogen and oxygen atoms in total. The van der Waals surface area contributed by atoms with Gasteiger partial charge in [-0.05, 0) is 42.5 Å². The summed E-state index contributed by atoms with van der Waals surface area (Å²) in [5.41, 5.74) is 2.13. The summed E-state index contributed by atoms with van der Waals surface area (Å²) in [6.45, 7) is 2.80. The highest BCUT2D eigenvalue weighted by atomic mass is 32.1. The molecule has 108 valence electrons. The van der Waals surface area contributed by atoms with Crippen LogP contribution in [0.1, 0.15) is 33.8 Å². The van der Waals surface area contributed by atoms with Crippen molar-refractivity contribution >= 4 is 29.0 Å². The third-order valence-electron chi connectivity index (χ3n) is 3.92. The maximum absolute atomic E-state index is 11.3. The van der Waals surface area contributed by atoms with Gasteiger partial charge < -0.3 is 4.90 Å². The molecule has 0 N–H and O–H groups in total. The summed E-state index contributed by atoms with van der Waals surface area (Å²) in [5.74, 6) is 0. The fourth-order valence-corrected chi connectivity index (χ4v) is 3.80. The van der Waals surface area contributed by atoms with Crippen molar-refractivity contribution in [3.05, 3.63) is 55.8 Å². The van der Waals surface area contributed by atoms with Crippen LogP contribution in [0.25, 0.3) is 0 Å². The molecule has 0 fully saturated rings. The molecule has 1 atom stereocenters. The van der Waals surface area contributed by atoms with Crippen LogP contribution in [-0.4, -0.2) is 17.8 Å². The molecule has 1 aliphatic heterocycles. The van der Waals surface area contributed by atoms with Crippen molar-refractivity contribution in [2.45, 2.75) is 19.4 Å². The normalized spacial score (nSPS) is 17.4. The predicted octanol–water partition coefficient (Wildman–Crippen LogP) is 3.59. The summed E-state index contributed by atoms with van der Waals surface area (Å²) >= 11 is 1.74. The molecule has 0 amide bonds. The zero-order valence-corrected chi connectivity index (χ0v) is 12.3. The van der Waals surface area contributed by atoms with E-state index in [1.165, 1.54) is 16.5 Å². The van der Waals surface area contributed by atoms with Gasteiger partial charge in [-0.15, -0.1) is 11.3 Å². The number of fused-ring (bicyclic) bond motifs is 1. The van der Waals surface area contributed by atoms with Gasteiger partial charge in [0.15, 0.2) is 0 Å². The second-order valence-electron chi connectivity index (χ2n) is 5.04. The zero-order valence-electron chi connectivity index (χ0n) is 11.5. The van der Waals surface area contributed by atoms with Crippen LogP contribution in [0.5, 0.6) is 0 Å². The molecule has 1 aliphatic rings. The third-order valence-corrected chi connectivity index (χ3v) is 4.92. The number of carbonyl (C=O) groups is 1. The van der Waals surface area contributed by atoms with Crippen molar-refractivity contribution in [3.63, 3.8) is 0 Å². The number of rotatable bonds is 3. The molecule has 6 heteroatoms. The van der Waals surface area contributed by atoms with E-state index >= 15 is 0 Å². The standard InChI is InChI=1S/C15H14N2O3S/c1-10-12-5-7-21-15(12)4-6-16(10)13-3-2-11(9-18)8-14(13)17(19)20/h2-3,5,7-10H,4,6H2,1H3. The second kappa shape index (κ2) is 5.29. The molecule has 3 rings (SSSR count). The number of thiophene rings is 1. The quantitative estimate of drug-likeness (QED) is 0.494. The molecule has 2 heterocycles. The SMILES string of the molecule is CC1c2ccsc2CCN1c1ccc(C=O)cc1[N+](=O)[O-]. The average Bonchev–Trinajstić information content (AvgIpc) is 2.96. The lowest BCUT2D eigenvalue weighted by atomic mass is 10.00. The number of carbonyl (C=O) groups excluding carboxylic acids is 1. The number of hydrogen-bond acceptors (Lipinski definition) is 5. The van der Waals surface area contributed by atoms with E-state index < -0.39 is 4.92 Å². The highest BCUT2D eigenvalue weighted by Crippen LogP contribution is 2.39. The van der Waals surface area contributed by atoms with Crippen molar-refractivity contribution in [1.82, 2.24) is 0 Å². The van der Waals surface area contributed by atoms with Crippen LogP contribution >= 0.6 is 11.3 Å². The zero-order chi connectivity index (χ0) is 15.0. The van der Waals surface area contributed by atoms with Gasteiger partial charge in [-0.25, -0.2) is 0 Å². The summed E-state index contributed by atoms with van der Waals surface area (Å²) in [4.78, 5) is 25.1. The van der Waals surface area contributed by atoms with Crippen LogP contribution in [-0.2, 0) is 6.42 Å². The van der Waals surface area contributed by atoms with Crippen LogP contribution < -0.4 is 4.90 Å². The van der Waals surface area contributed by atoms with Gasteiger partial charge >= 0.3 is 0 Å².